The highest BCUT2D eigenvalue weighted by Crippen LogP contribution is 2.22. The average Bonchev–Trinajstić information content (AvgIpc) is 2.80. The molecule has 94 valence electrons. The van der Waals surface area contributed by atoms with Crippen molar-refractivity contribution in [3.63, 3.8) is 0 Å². The molecule has 0 bridgehead atoms. The summed E-state index contributed by atoms with van der Waals surface area (Å²) in [5, 5.41) is 3.92. The lowest BCUT2D eigenvalue weighted by Gasteiger charge is -2.07. The van der Waals surface area contributed by atoms with Crippen molar-refractivity contribution < 1.29 is 9.18 Å². The minimum absolute atomic E-state index is 0.147. The summed E-state index contributed by atoms with van der Waals surface area (Å²) in [7, 11) is 0. The van der Waals surface area contributed by atoms with Crippen molar-refractivity contribution in [2.75, 3.05) is 0 Å². The molecule has 0 unspecified atom stereocenters. The summed E-state index contributed by atoms with van der Waals surface area (Å²) in [6.45, 7) is 2.63. The number of hydrogen-bond acceptors (Lipinski definition) is 2. The summed E-state index contributed by atoms with van der Waals surface area (Å²) < 4.78 is 14.9. The quantitative estimate of drug-likeness (QED) is 0.796. The smallest absolute Gasteiger partial charge is 0.212 e. The van der Waals surface area contributed by atoms with Crippen LogP contribution < -0.4 is 0 Å². The minimum Gasteiger partial charge on any atom is -0.287 e. The molecule has 0 saturated carbocycles. The largest absolute Gasteiger partial charge is 0.287 e. The first kappa shape index (κ1) is 12.8. The fourth-order valence-corrected chi connectivity index (χ4v) is 1.94. The van der Waals surface area contributed by atoms with Crippen LogP contribution in [-0.2, 0) is 6.54 Å². The van der Waals surface area contributed by atoms with E-state index in [4.69, 9.17) is 11.6 Å². The van der Waals surface area contributed by atoms with E-state index < -0.39 is 5.82 Å². The fraction of sp³-hybridized carbons (Fsp3) is 0.231. The minimum atomic E-state index is -0.593. The predicted molar refractivity (Wildman–Crippen MR) is 67.4 cm³/mol. The SMILES string of the molecule is CCCn1nccc1C(=O)c1cccc(F)c1Cl. The van der Waals surface area contributed by atoms with Gasteiger partial charge in [0.15, 0.2) is 0 Å². The third-order valence-electron chi connectivity index (χ3n) is 2.58. The number of halogens is 2. The molecule has 0 fully saturated rings. The van der Waals surface area contributed by atoms with Crippen LogP contribution in [0.2, 0.25) is 5.02 Å². The molecular weight excluding hydrogens is 255 g/mol. The molecule has 2 aromatic rings. The number of aryl methyl sites for hydroxylation is 1. The van der Waals surface area contributed by atoms with Crippen molar-refractivity contribution in [2.24, 2.45) is 0 Å². The van der Waals surface area contributed by atoms with E-state index in [-0.39, 0.29) is 16.4 Å². The van der Waals surface area contributed by atoms with Crippen LogP contribution in [-0.4, -0.2) is 15.6 Å². The lowest BCUT2D eigenvalue weighted by molar-refractivity contribution is 0.102. The standard InChI is InChI=1S/C13H12ClFN2O/c1-2-8-17-11(6-7-16-17)13(18)9-4-3-5-10(15)12(9)14/h3-7H,2,8H2,1H3. The summed E-state index contributed by atoms with van der Waals surface area (Å²) in [4.78, 5) is 12.3. The average molecular weight is 267 g/mol. The van der Waals surface area contributed by atoms with Gasteiger partial charge < -0.3 is 0 Å². The predicted octanol–water partition coefficient (Wildman–Crippen LogP) is 3.32. The second kappa shape index (κ2) is 5.31. The number of hydrogen-bond donors (Lipinski definition) is 0. The first-order chi connectivity index (χ1) is 8.65. The Labute approximate surface area is 109 Å². The van der Waals surface area contributed by atoms with Crippen LogP contribution in [0.1, 0.15) is 29.4 Å². The maximum absolute atomic E-state index is 13.3. The molecular formula is C13H12ClFN2O. The van der Waals surface area contributed by atoms with E-state index >= 15 is 0 Å². The molecule has 1 heterocycles. The maximum Gasteiger partial charge on any atom is 0.212 e. The fourth-order valence-electron chi connectivity index (χ4n) is 1.73. The van der Waals surface area contributed by atoms with E-state index in [2.05, 4.69) is 5.10 Å². The Bertz CT molecular complexity index is 580. The second-order valence-electron chi connectivity index (χ2n) is 3.87. The highest BCUT2D eigenvalue weighted by molar-refractivity contribution is 6.35. The summed E-state index contributed by atoms with van der Waals surface area (Å²) in [5.41, 5.74) is 0.582. The highest BCUT2D eigenvalue weighted by atomic mass is 35.5. The Hall–Kier alpha value is -1.68. The molecule has 5 heteroatoms. The molecule has 0 atom stereocenters. The molecule has 0 spiro atoms. The Morgan fingerprint density at radius 1 is 1.44 bits per heavy atom. The van der Waals surface area contributed by atoms with Gasteiger partial charge in [-0.15, -0.1) is 0 Å². The van der Waals surface area contributed by atoms with E-state index in [0.717, 1.165) is 6.42 Å². The van der Waals surface area contributed by atoms with Crippen LogP contribution in [0.15, 0.2) is 30.5 Å². The van der Waals surface area contributed by atoms with Gasteiger partial charge in [0, 0.05) is 18.3 Å². The van der Waals surface area contributed by atoms with Gasteiger partial charge in [0.1, 0.15) is 11.5 Å². The molecule has 0 aliphatic rings. The van der Waals surface area contributed by atoms with Crippen molar-refractivity contribution in [3.05, 3.63) is 52.6 Å². The Morgan fingerprint density at radius 2 is 2.22 bits per heavy atom. The van der Waals surface area contributed by atoms with Gasteiger partial charge in [-0.05, 0) is 24.6 Å². The Morgan fingerprint density at radius 3 is 2.94 bits per heavy atom. The number of carbonyl (C=O) groups is 1. The molecule has 18 heavy (non-hydrogen) atoms. The first-order valence-electron chi connectivity index (χ1n) is 5.65. The van der Waals surface area contributed by atoms with Crippen molar-refractivity contribution in [2.45, 2.75) is 19.9 Å². The zero-order chi connectivity index (χ0) is 13.1. The molecule has 3 nitrogen and oxygen atoms in total. The monoisotopic (exact) mass is 266 g/mol. The van der Waals surface area contributed by atoms with Gasteiger partial charge in [-0.3, -0.25) is 9.48 Å². The highest BCUT2D eigenvalue weighted by Gasteiger charge is 2.18. The van der Waals surface area contributed by atoms with Gasteiger partial charge in [-0.2, -0.15) is 5.10 Å². The molecule has 0 saturated heterocycles. The molecule has 0 aliphatic heterocycles. The maximum atomic E-state index is 13.3. The molecule has 0 N–H and O–H groups in total. The molecule has 0 aliphatic carbocycles. The van der Waals surface area contributed by atoms with Crippen LogP contribution in [0.3, 0.4) is 0 Å². The number of nitrogens with zero attached hydrogens (tertiary/aromatic N) is 2. The lowest BCUT2D eigenvalue weighted by Crippen LogP contribution is -2.12. The van der Waals surface area contributed by atoms with E-state index in [0.29, 0.717) is 12.2 Å². The number of rotatable bonds is 4. The molecule has 0 radical (unpaired) electrons. The van der Waals surface area contributed by atoms with E-state index in [1.165, 1.54) is 18.2 Å². The summed E-state index contributed by atoms with van der Waals surface area (Å²) in [5.74, 6) is -0.908. The summed E-state index contributed by atoms with van der Waals surface area (Å²) >= 11 is 5.81. The van der Waals surface area contributed by atoms with Crippen LogP contribution in [0.25, 0.3) is 0 Å². The Kier molecular flexibility index (Phi) is 3.77. The first-order valence-corrected chi connectivity index (χ1v) is 6.03. The molecule has 2 rings (SSSR count). The van der Waals surface area contributed by atoms with Gasteiger partial charge in [0.2, 0.25) is 5.78 Å². The van der Waals surface area contributed by atoms with Crippen LogP contribution in [0, 0.1) is 5.82 Å². The normalized spacial score (nSPS) is 10.6. The van der Waals surface area contributed by atoms with Crippen molar-refractivity contribution in [1.82, 2.24) is 9.78 Å². The van der Waals surface area contributed by atoms with E-state index in [1.54, 1.807) is 16.9 Å². The van der Waals surface area contributed by atoms with Gasteiger partial charge >= 0.3 is 0 Å². The zero-order valence-electron chi connectivity index (χ0n) is 9.86. The van der Waals surface area contributed by atoms with Crippen LogP contribution >= 0.6 is 11.6 Å². The van der Waals surface area contributed by atoms with Gasteiger partial charge in [-0.1, -0.05) is 24.6 Å². The van der Waals surface area contributed by atoms with Crippen molar-refractivity contribution in [3.8, 4) is 0 Å². The van der Waals surface area contributed by atoms with Gasteiger partial charge in [0.05, 0.1) is 5.02 Å². The Balaban J connectivity index is 2.42. The molecule has 1 aromatic heterocycles. The van der Waals surface area contributed by atoms with Crippen LogP contribution in [0.5, 0.6) is 0 Å². The molecule has 1 aromatic carbocycles. The third kappa shape index (κ3) is 2.29. The van der Waals surface area contributed by atoms with Crippen LogP contribution in [0.4, 0.5) is 4.39 Å². The van der Waals surface area contributed by atoms with E-state index in [1.807, 2.05) is 6.92 Å². The van der Waals surface area contributed by atoms with Gasteiger partial charge in [-0.25, -0.2) is 4.39 Å². The number of carbonyl (C=O) groups excluding carboxylic acids is 1. The third-order valence-corrected chi connectivity index (χ3v) is 2.96. The van der Waals surface area contributed by atoms with Crippen molar-refractivity contribution in [1.29, 1.82) is 0 Å². The summed E-state index contributed by atoms with van der Waals surface area (Å²) in [6.07, 6.45) is 2.41. The zero-order valence-corrected chi connectivity index (χ0v) is 10.6. The van der Waals surface area contributed by atoms with Crippen molar-refractivity contribution >= 4 is 17.4 Å². The topological polar surface area (TPSA) is 34.9 Å². The number of aromatic nitrogens is 2. The number of benzene rings is 1. The summed E-state index contributed by atoms with van der Waals surface area (Å²) in [6, 6.07) is 5.81. The molecule has 0 amide bonds. The second-order valence-corrected chi connectivity index (χ2v) is 4.25. The van der Waals surface area contributed by atoms with Gasteiger partial charge in [0.25, 0.3) is 0 Å². The number of ketones is 1. The van der Waals surface area contributed by atoms with E-state index in [9.17, 15) is 9.18 Å². The lowest BCUT2D eigenvalue weighted by atomic mass is 10.1.